The zero-order valence-electron chi connectivity index (χ0n) is 12.1. The van der Waals surface area contributed by atoms with E-state index in [4.69, 9.17) is 23.8 Å². The van der Waals surface area contributed by atoms with Crippen LogP contribution >= 0.6 is 23.8 Å². The van der Waals surface area contributed by atoms with Crippen molar-refractivity contribution in [3.05, 3.63) is 34.9 Å². The van der Waals surface area contributed by atoms with Crippen LogP contribution in [0.1, 0.15) is 26.3 Å². The summed E-state index contributed by atoms with van der Waals surface area (Å²) >= 11 is 10.7. The van der Waals surface area contributed by atoms with Gasteiger partial charge >= 0.3 is 0 Å². The van der Waals surface area contributed by atoms with Crippen LogP contribution in [0.25, 0.3) is 0 Å². The van der Waals surface area contributed by atoms with Gasteiger partial charge in [-0.25, -0.2) is 0 Å². The van der Waals surface area contributed by atoms with Crippen LogP contribution in [-0.2, 0) is 16.0 Å². The maximum absolute atomic E-state index is 11.7. The van der Waals surface area contributed by atoms with Crippen molar-refractivity contribution in [3.63, 3.8) is 0 Å². The van der Waals surface area contributed by atoms with Crippen molar-refractivity contribution in [2.24, 2.45) is 5.41 Å². The van der Waals surface area contributed by atoms with Crippen molar-refractivity contribution in [1.29, 1.82) is 0 Å². The van der Waals surface area contributed by atoms with E-state index >= 15 is 0 Å². The number of carbonyl (C=O) groups excluding carboxylic acids is 2. The maximum atomic E-state index is 11.7. The Balaban J connectivity index is 2.38. The fourth-order valence-electron chi connectivity index (χ4n) is 1.28. The van der Waals surface area contributed by atoms with Crippen LogP contribution in [0.15, 0.2) is 24.3 Å². The van der Waals surface area contributed by atoms with Gasteiger partial charge in [0.05, 0.1) is 6.42 Å². The minimum Gasteiger partial charge on any atom is -0.301 e. The Bertz CT molecular complexity index is 538. The second kappa shape index (κ2) is 7.38. The number of carbonyl (C=O) groups is 2. The molecule has 114 valence electrons. The first-order valence-corrected chi connectivity index (χ1v) is 7.12. The van der Waals surface area contributed by atoms with Crippen molar-refractivity contribution in [2.45, 2.75) is 27.2 Å². The zero-order chi connectivity index (χ0) is 16.0. The number of thiocarbonyl (C=S) groups is 1. The molecular formula is C14H18ClN3O2S. The normalized spacial score (nSPS) is 10.7. The Kier molecular flexibility index (Phi) is 6.11. The summed E-state index contributed by atoms with van der Waals surface area (Å²) in [7, 11) is 0. The molecule has 0 heterocycles. The summed E-state index contributed by atoms with van der Waals surface area (Å²) in [6.45, 7) is 5.30. The molecule has 0 aliphatic heterocycles. The van der Waals surface area contributed by atoms with Crippen LogP contribution in [0.3, 0.4) is 0 Å². The average Bonchev–Trinajstić information content (AvgIpc) is 2.38. The lowest BCUT2D eigenvalue weighted by Gasteiger charge is -2.18. The Hall–Kier alpha value is -1.66. The summed E-state index contributed by atoms with van der Waals surface area (Å²) in [4.78, 5) is 23.4. The molecule has 0 aromatic heterocycles. The highest BCUT2D eigenvalue weighted by Gasteiger charge is 2.21. The summed E-state index contributed by atoms with van der Waals surface area (Å²) in [5.41, 5.74) is 5.18. The summed E-state index contributed by atoms with van der Waals surface area (Å²) in [5, 5.41) is 3.16. The summed E-state index contributed by atoms with van der Waals surface area (Å²) < 4.78 is 0. The predicted molar refractivity (Wildman–Crippen MR) is 86.6 cm³/mol. The minimum atomic E-state index is -0.556. The monoisotopic (exact) mass is 327 g/mol. The highest BCUT2D eigenvalue weighted by molar-refractivity contribution is 7.80. The first-order chi connectivity index (χ1) is 9.68. The van der Waals surface area contributed by atoms with E-state index in [-0.39, 0.29) is 23.3 Å². The first kappa shape index (κ1) is 17.4. The lowest BCUT2D eigenvalue weighted by molar-refractivity contribution is -0.127. The van der Waals surface area contributed by atoms with Crippen molar-refractivity contribution in [1.82, 2.24) is 16.2 Å². The van der Waals surface area contributed by atoms with Gasteiger partial charge < -0.3 is 5.32 Å². The molecule has 1 aromatic rings. The molecule has 0 atom stereocenters. The molecule has 0 saturated heterocycles. The number of amides is 2. The van der Waals surface area contributed by atoms with Crippen LogP contribution in [0.4, 0.5) is 0 Å². The quantitative estimate of drug-likeness (QED) is 0.573. The van der Waals surface area contributed by atoms with E-state index < -0.39 is 5.41 Å². The number of rotatable bonds is 2. The van der Waals surface area contributed by atoms with Gasteiger partial charge in [-0.2, -0.15) is 0 Å². The molecule has 0 saturated carbocycles. The lowest BCUT2D eigenvalue weighted by Crippen LogP contribution is -2.51. The summed E-state index contributed by atoms with van der Waals surface area (Å²) in [6, 6.07) is 6.96. The van der Waals surface area contributed by atoms with E-state index in [9.17, 15) is 9.59 Å². The zero-order valence-corrected chi connectivity index (χ0v) is 13.7. The second-order valence-corrected chi connectivity index (χ2v) is 6.35. The number of hydrazine groups is 1. The topological polar surface area (TPSA) is 70.2 Å². The van der Waals surface area contributed by atoms with E-state index in [0.29, 0.717) is 5.02 Å². The van der Waals surface area contributed by atoms with Crippen LogP contribution in [0, 0.1) is 5.41 Å². The molecule has 2 amide bonds. The molecule has 0 aliphatic rings. The lowest BCUT2D eigenvalue weighted by atomic mass is 9.96. The molecule has 21 heavy (non-hydrogen) atoms. The molecule has 0 bridgehead atoms. The van der Waals surface area contributed by atoms with Crippen molar-refractivity contribution < 1.29 is 9.59 Å². The first-order valence-electron chi connectivity index (χ1n) is 6.33. The molecular weight excluding hydrogens is 310 g/mol. The van der Waals surface area contributed by atoms with Gasteiger partial charge in [0.2, 0.25) is 11.8 Å². The number of halogens is 1. The Morgan fingerprint density at radius 1 is 1.14 bits per heavy atom. The third kappa shape index (κ3) is 6.55. The number of nitrogens with one attached hydrogen (secondary N) is 3. The Morgan fingerprint density at radius 3 is 2.24 bits per heavy atom. The molecule has 1 aromatic carbocycles. The summed E-state index contributed by atoms with van der Waals surface area (Å²) in [5.74, 6) is -0.503. The van der Waals surface area contributed by atoms with E-state index in [2.05, 4.69) is 16.2 Å². The van der Waals surface area contributed by atoms with E-state index in [0.717, 1.165) is 5.56 Å². The standard InChI is InChI=1S/C14H18ClN3O2S/c1-14(2,3)12(20)16-13(21)18-17-11(19)8-9-4-6-10(15)7-5-9/h4-7H,8H2,1-3H3,(H,17,19)(H2,16,18,20,21). The summed E-state index contributed by atoms with van der Waals surface area (Å²) in [6.07, 6.45) is 0.181. The molecule has 3 N–H and O–H groups in total. The maximum Gasteiger partial charge on any atom is 0.242 e. The molecule has 5 nitrogen and oxygen atoms in total. The molecule has 0 spiro atoms. The molecule has 0 aliphatic carbocycles. The van der Waals surface area contributed by atoms with E-state index in [1.807, 2.05) is 0 Å². The minimum absolute atomic E-state index is 0.0550. The third-order valence-electron chi connectivity index (χ3n) is 2.50. The molecule has 0 unspecified atom stereocenters. The number of benzene rings is 1. The predicted octanol–water partition coefficient (Wildman–Crippen LogP) is 1.95. The highest BCUT2D eigenvalue weighted by Crippen LogP contribution is 2.12. The Labute approximate surface area is 134 Å². The van der Waals surface area contributed by atoms with Crippen LogP contribution in [0.2, 0.25) is 5.02 Å². The average molecular weight is 328 g/mol. The molecule has 7 heteroatoms. The van der Waals surface area contributed by atoms with Gasteiger partial charge in [-0.1, -0.05) is 44.5 Å². The fourth-order valence-corrected chi connectivity index (χ4v) is 1.55. The molecule has 0 fully saturated rings. The van der Waals surface area contributed by atoms with Gasteiger partial charge in [0.1, 0.15) is 0 Å². The van der Waals surface area contributed by atoms with E-state index in [1.54, 1.807) is 45.0 Å². The highest BCUT2D eigenvalue weighted by atomic mass is 35.5. The van der Waals surface area contributed by atoms with Gasteiger partial charge in [0, 0.05) is 10.4 Å². The van der Waals surface area contributed by atoms with Gasteiger partial charge in [-0.05, 0) is 29.9 Å². The number of hydrogen-bond donors (Lipinski definition) is 3. The largest absolute Gasteiger partial charge is 0.301 e. The van der Waals surface area contributed by atoms with Gasteiger partial charge in [-0.3, -0.25) is 20.4 Å². The van der Waals surface area contributed by atoms with Gasteiger partial charge in [0.15, 0.2) is 5.11 Å². The second-order valence-electron chi connectivity index (χ2n) is 5.51. The van der Waals surface area contributed by atoms with Crippen molar-refractivity contribution in [3.8, 4) is 0 Å². The van der Waals surface area contributed by atoms with E-state index in [1.165, 1.54) is 0 Å². The van der Waals surface area contributed by atoms with Gasteiger partial charge in [-0.15, -0.1) is 0 Å². The van der Waals surface area contributed by atoms with Crippen LogP contribution in [-0.4, -0.2) is 16.9 Å². The third-order valence-corrected chi connectivity index (χ3v) is 2.96. The van der Waals surface area contributed by atoms with Crippen molar-refractivity contribution >= 4 is 40.7 Å². The van der Waals surface area contributed by atoms with Gasteiger partial charge in [0.25, 0.3) is 0 Å². The Morgan fingerprint density at radius 2 is 1.71 bits per heavy atom. The molecule has 0 radical (unpaired) electrons. The SMILES string of the molecule is CC(C)(C)C(=O)NC(=S)NNC(=O)Cc1ccc(Cl)cc1. The smallest absolute Gasteiger partial charge is 0.242 e. The van der Waals surface area contributed by atoms with Crippen LogP contribution < -0.4 is 16.2 Å². The number of hydrogen-bond acceptors (Lipinski definition) is 3. The van der Waals surface area contributed by atoms with Crippen LogP contribution in [0.5, 0.6) is 0 Å². The van der Waals surface area contributed by atoms with Crippen molar-refractivity contribution in [2.75, 3.05) is 0 Å². The molecule has 1 rings (SSSR count). The fraction of sp³-hybridized carbons (Fsp3) is 0.357.